The summed E-state index contributed by atoms with van der Waals surface area (Å²) in [6, 6.07) is 9.59. The first-order chi connectivity index (χ1) is 6.40. The van der Waals surface area contributed by atoms with Crippen molar-refractivity contribution >= 4 is 11.3 Å². The Labute approximate surface area is 85.6 Å². The lowest BCUT2D eigenvalue weighted by molar-refractivity contribution is 0.824. The maximum absolute atomic E-state index is 8.60. The summed E-state index contributed by atoms with van der Waals surface area (Å²) in [7, 11) is 0. The number of hydrogen-bond acceptors (Lipinski definition) is 3. The monoisotopic (exact) mass is 204 g/mol. The van der Waals surface area contributed by atoms with Gasteiger partial charge in [-0.05, 0) is 17.7 Å². The number of hydrogen-bond donors (Lipinski definition) is 0. The van der Waals surface area contributed by atoms with Crippen LogP contribution in [-0.2, 0) is 0 Å². The zero-order chi connectivity index (χ0) is 9.10. The highest BCUT2D eigenvalue weighted by Crippen LogP contribution is 2.22. The van der Waals surface area contributed by atoms with E-state index in [-0.39, 0.29) is 5.48 Å². The summed E-state index contributed by atoms with van der Waals surface area (Å²) in [4.78, 5) is 5.12. The van der Waals surface area contributed by atoms with Crippen molar-refractivity contribution in [2.75, 3.05) is 0 Å². The summed E-state index contributed by atoms with van der Waals surface area (Å²) >= 11 is 1.60. The van der Waals surface area contributed by atoms with Gasteiger partial charge in [-0.25, -0.2) is 0 Å². The van der Waals surface area contributed by atoms with Gasteiger partial charge in [-0.3, -0.25) is 4.98 Å². The molecule has 0 aliphatic carbocycles. The SMILES string of the molecule is N#Cc1ccc(-c2cncs2)cc1.O. The maximum Gasteiger partial charge on any atom is 0.0991 e. The number of aromatic nitrogens is 1. The molecule has 0 unspecified atom stereocenters. The van der Waals surface area contributed by atoms with Crippen LogP contribution < -0.4 is 0 Å². The van der Waals surface area contributed by atoms with Crippen molar-refractivity contribution in [3.05, 3.63) is 41.5 Å². The van der Waals surface area contributed by atoms with Gasteiger partial charge in [0.15, 0.2) is 0 Å². The van der Waals surface area contributed by atoms with Gasteiger partial charge in [0, 0.05) is 6.20 Å². The van der Waals surface area contributed by atoms with Crippen molar-refractivity contribution in [2.24, 2.45) is 0 Å². The van der Waals surface area contributed by atoms with Gasteiger partial charge in [-0.15, -0.1) is 11.3 Å². The van der Waals surface area contributed by atoms with Gasteiger partial charge in [-0.1, -0.05) is 12.1 Å². The lowest BCUT2D eigenvalue weighted by Crippen LogP contribution is -1.74. The van der Waals surface area contributed by atoms with E-state index in [0.29, 0.717) is 5.56 Å². The topological polar surface area (TPSA) is 68.2 Å². The van der Waals surface area contributed by atoms with E-state index in [9.17, 15) is 0 Å². The molecule has 3 nitrogen and oxygen atoms in total. The Morgan fingerprint density at radius 3 is 2.43 bits per heavy atom. The van der Waals surface area contributed by atoms with E-state index in [1.165, 1.54) is 0 Å². The molecule has 2 aromatic rings. The van der Waals surface area contributed by atoms with Crippen LogP contribution in [0.1, 0.15) is 5.56 Å². The highest BCUT2D eigenvalue weighted by atomic mass is 32.1. The molecule has 70 valence electrons. The van der Waals surface area contributed by atoms with Crippen LogP contribution in [-0.4, -0.2) is 10.5 Å². The molecule has 1 aromatic heterocycles. The third-order valence-electron chi connectivity index (χ3n) is 1.73. The zero-order valence-corrected chi connectivity index (χ0v) is 8.08. The van der Waals surface area contributed by atoms with Gasteiger partial charge in [-0.2, -0.15) is 5.26 Å². The van der Waals surface area contributed by atoms with Crippen molar-refractivity contribution in [3.8, 4) is 16.5 Å². The van der Waals surface area contributed by atoms with Crippen molar-refractivity contribution < 1.29 is 5.48 Å². The summed E-state index contributed by atoms with van der Waals surface area (Å²) < 4.78 is 0. The molecular weight excluding hydrogens is 196 g/mol. The smallest absolute Gasteiger partial charge is 0.0991 e. The molecule has 4 heteroatoms. The van der Waals surface area contributed by atoms with E-state index in [1.807, 2.05) is 30.5 Å². The molecule has 0 radical (unpaired) electrons. The standard InChI is InChI=1S/C10H6N2S.H2O/c11-5-8-1-3-9(4-2-8)10-6-12-7-13-10;/h1-4,6-7H;1H2. The average molecular weight is 204 g/mol. The highest BCUT2D eigenvalue weighted by molar-refractivity contribution is 7.13. The molecule has 0 bridgehead atoms. The van der Waals surface area contributed by atoms with Gasteiger partial charge in [0.05, 0.1) is 22.0 Å². The Kier molecular flexibility index (Phi) is 3.35. The second kappa shape index (κ2) is 4.51. The van der Waals surface area contributed by atoms with Crippen molar-refractivity contribution in [1.29, 1.82) is 5.26 Å². The molecule has 0 amide bonds. The summed E-state index contributed by atoms with van der Waals surface area (Å²) in [5.41, 5.74) is 3.60. The molecule has 2 rings (SSSR count). The van der Waals surface area contributed by atoms with Gasteiger partial charge in [0.25, 0.3) is 0 Å². The zero-order valence-electron chi connectivity index (χ0n) is 7.27. The molecule has 0 saturated heterocycles. The Morgan fingerprint density at radius 1 is 1.21 bits per heavy atom. The predicted molar refractivity (Wildman–Crippen MR) is 55.9 cm³/mol. The summed E-state index contributed by atoms with van der Waals surface area (Å²) in [6.45, 7) is 0. The van der Waals surface area contributed by atoms with Crippen molar-refractivity contribution in [1.82, 2.24) is 4.98 Å². The quantitative estimate of drug-likeness (QED) is 0.711. The lowest BCUT2D eigenvalue weighted by Gasteiger charge is -1.94. The third kappa shape index (κ3) is 1.96. The number of rotatable bonds is 1. The fourth-order valence-corrected chi connectivity index (χ4v) is 1.70. The molecule has 14 heavy (non-hydrogen) atoms. The molecule has 0 spiro atoms. The van der Waals surface area contributed by atoms with Gasteiger partial charge in [0.2, 0.25) is 0 Å². The van der Waals surface area contributed by atoms with Crippen LogP contribution in [0.2, 0.25) is 0 Å². The summed E-state index contributed by atoms with van der Waals surface area (Å²) in [6.07, 6.45) is 1.83. The fraction of sp³-hybridized carbons (Fsp3) is 0. The van der Waals surface area contributed by atoms with Crippen LogP contribution in [0.15, 0.2) is 36.0 Å². The van der Waals surface area contributed by atoms with Crippen LogP contribution in [0.5, 0.6) is 0 Å². The molecule has 0 aliphatic rings. The molecular formula is C10H8N2OS. The molecule has 0 saturated carbocycles. The van der Waals surface area contributed by atoms with E-state index in [1.54, 1.807) is 16.8 Å². The predicted octanol–water partition coefficient (Wildman–Crippen LogP) is 1.86. The average Bonchev–Trinajstić information content (AvgIpc) is 2.71. The lowest BCUT2D eigenvalue weighted by atomic mass is 10.1. The first-order valence-corrected chi connectivity index (χ1v) is 4.67. The minimum Gasteiger partial charge on any atom is -0.412 e. The third-order valence-corrected chi connectivity index (χ3v) is 2.55. The van der Waals surface area contributed by atoms with Crippen LogP contribution in [0.3, 0.4) is 0 Å². The van der Waals surface area contributed by atoms with E-state index >= 15 is 0 Å². The van der Waals surface area contributed by atoms with Crippen LogP contribution in [0, 0.1) is 11.3 Å². The second-order valence-corrected chi connectivity index (χ2v) is 3.44. The molecule has 1 heterocycles. The Balaban J connectivity index is 0.000000980. The molecule has 2 N–H and O–H groups in total. The van der Waals surface area contributed by atoms with E-state index in [2.05, 4.69) is 11.1 Å². The molecule has 0 atom stereocenters. The minimum atomic E-state index is 0. The largest absolute Gasteiger partial charge is 0.412 e. The van der Waals surface area contributed by atoms with E-state index in [4.69, 9.17) is 5.26 Å². The van der Waals surface area contributed by atoms with Crippen LogP contribution >= 0.6 is 11.3 Å². The van der Waals surface area contributed by atoms with Crippen LogP contribution in [0.4, 0.5) is 0 Å². The fourth-order valence-electron chi connectivity index (χ4n) is 1.07. The Bertz CT molecular complexity index is 428. The second-order valence-electron chi connectivity index (χ2n) is 2.55. The number of nitrogens with zero attached hydrogens (tertiary/aromatic N) is 2. The van der Waals surface area contributed by atoms with Crippen LogP contribution in [0.25, 0.3) is 10.4 Å². The van der Waals surface area contributed by atoms with Gasteiger partial charge in [0.1, 0.15) is 0 Å². The minimum absolute atomic E-state index is 0. The Hall–Kier alpha value is -1.70. The first kappa shape index (κ1) is 10.4. The number of nitriles is 1. The molecule has 1 aromatic carbocycles. The highest BCUT2D eigenvalue weighted by Gasteiger charge is 1.98. The summed E-state index contributed by atoms with van der Waals surface area (Å²) in [5.74, 6) is 0. The Morgan fingerprint density at radius 2 is 1.93 bits per heavy atom. The first-order valence-electron chi connectivity index (χ1n) is 3.79. The number of thiazole rings is 1. The number of benzene rings is 1. The molecule has 0 fully saturated rings. The normalized spacial score (nSPS) is 8.79. The van der Waals surface area contributed by atoms with Crippen molar-refractivity contribution in [3.63, 3.8) is 0 Å². The molecule has 0 aliphatic heterocycles. The van der Waals surface area contributed by atoms with Crippen molar-refractivity contribution in [2.45, 2.75) is 0 Å². The van der Waals surface area contributed by atoms with E-state index in [0.717, 1.165) is 10.4 Å². The van der Waals surface area contributed by atoms with E-state index < -0.39 is 0 Å². The maximum atomic E-state index is 8.60. The van der Waals surface area contributed by atoms with Gasteiger partial charge < -0.3 is 5.48 Å². The van der Waals surface area contributed by atoms with Gasteiger partial charge >= 0.3 is 0 Å². The summed E-state index contributed by atoms with van der Waals surface area (Å²) in [5, 5.41) is 8.60.